The van der Waals surface area contributed by atoms with Gasteiger partial charge in [0.1, 0.15) is 12.6 Å². The number of anilines is 1. The van der Waals surface area contributed by atoms with E-state index in [1.54, 1.807) is 43.0 Å². The summed E-state index contributed by atoms with van der Waals surface area (Å²) < 4.78 is 10.1. The van der Waals surface area contributed by atoms with Crippen LogP contribution >= 0.6 is 0 Å². The summed E-state index contributed by atoms with van der Waals surface area (Å²) in [4.78, 5) is 30.4. The van der Waals surface area contributed by atoms with Crippen LogP contribution in [0.15, 0.2) is 28.8 Å². The maximum absolute atomic E-state index is 12.9. The second-order valence-electron chi connectivity index (χ2n) is 6.08. The van der Waals surface area contributed by atoms with Crippen LogP contribution in [0, 0.1) is 6.92 Å². The van der Waals surface area contributed by atoms with Crippen molar-refractivity contribution in [2.45, 2.75) is 32.7 Å². The SMILES string of the molecule is CCOC(=O)CNc1cccc(C(=O)N2CCC[C@H]2c2nc(C)no2)c1. The van der Waals surface area contributed by atoms with Gasteiger partial charge in [0.2, 0.25) is 5.89 Å². The van der Waals surface area contributed by atoms with Crippen molar-refractivity contribution >= 4 is 17.6 Å². The maximum Gasteiger partial charge on any atom is 0.325 e. The van der Waals surface area contributed by atoms with Crippen molar-refractivity contribution in [1.29, 1.82) is 0 Å². The normalized spacial score (nSPS) is 16.5. The van der Waals surface area contributed by atoms with Crippen LogP contribution in [-0.4, -0.2) is 46.6 Å². The number of nitrogens with zero attached hydrogens (tertiary/aromatic N) is 3. The van der Waals surface area contributed by atoms with Crippen molar-refractivity contribution in [2.75, 3.05) is 25.0 Å². The predicted octanol–water partition coefficient (Wildman–Crippen LogP) is 2.33. The summed E-state index contributed by atoms with van der Waals surface area (Å²) in [5.74, 6) is 0.605. The highest BCUT2D eigenvalue weighted by Gasteiger charge is 2.34. The molecule has 8 heteroatoms. The molecule has 0 bridgehead atoms. The maximum atomic E-state index is 12.9. The Balaban J connectivity index is 1.71. The summed E-state index contributed by atoms with van der Waals surface area (Å²) in [6, 6.07) is 6.88. The monoisotopic (exact) mass is 358 g/mol. The molecule has 2 heterocycles. The number of hydrogen-bond acceptors (Lipinski definition) is 7. The standard InChI is InChI=1S/C18H22N4O4/c1-3-25-16(23)11-19-14-7-4-6-13(10-14)18(24)22-9-5-8-15(22)17-20-12(2)21-26-17/h4,6-7,10,15,19H,3,5,8-9,11H2,1-2H3/t15-/m0/s1. The largest absolute Gasteiger partial charge is 0.465 e. The van der Waals surface area contributed by atoms with Crippen LogP contribution in [0.2, 0.25) is 0 Å². The molecular weight excluding hydrogens is 336 g/mol. The van der Waals surface area contributed by atoms with Crippen LogP contribution in [-0.2, 0) is 9.53 Å². The Morgan fingerprint density at radius 3 is 3.00 bits per heavy atom. The Morgan fingerprint density at radius 1 is 1.42 bits per heavy atom. The number of carbonyl (C=O) groups is 2. The van der Waals surface area contributed by atoms with Crippen LogP contribution in [0.3, 0.4) is 0 Å². The molecule has 2 aromatic rings. The summed E-state index contributed by atoms with van der Waals surface area (Å²) in [6.45, 7) is 4.55. The Morgan fingerprint density at radius 2 is 2.27 bits per heavy atom. The minimum Gasteiger partial charge on any atom is -0.465 e. The molecule has 1 aromatic carbocycles. The zero-order valence-electron chi connectivity index (χ0n) is 14.9. The lowest BCUT2D eigenvalue weighted by molar-refractivity contribution is -0.140. The van der Waals surface area contributed by atoms with E-state index >= 15 is 0 Å². The molecule has 1 aliphatic heterocycles. The van der Waals surface area contributed by atoms with E-state index in [4.69, 9.17) is 9.26 Å². The molecule has 1 aromatic heterocycles. The van der Waals surface area contributed by atoms with E-state index in [-0.39, 0.29) is 24.5 Å². The highest BCUT2D eigenvalue weighted by Crippen LogP contribution is 2.32. The number of carbonyl (C=O) groups excluding carboxylic acids is 2. The van der Waals surface area contributed by atoms with E-state index in [9.17, 15) is 9.59 Å². The van der Waals surface area contributed by atoms with Gasteiger partial charge in [-0.2, -0.15) is 4.98 Å². The number of amides is 1. The molecule has 1 N–H and O–H groups in total. The fourth-order valence-corrected chi connectivity index (χ4v) is 3.03. The zero-order chi connectivity index (χ0) is 18.5. The van der Waals surface area contributed by atoms with E-state index in [0.29, 0.717) is 36.1 Å². The highest BCUT2D eigenvalue weighted by atomic mass is 16.5. The van der Waals surface area contributed by atoms with Crippen LogP contribution in [0.5, 0.6) is 0 Å². The van der Waals surface area contributed by atoms with Crippen molar-refractivity contribution in [3.8, 4) is 0 Å². The molecule has 0 unspecified atom stereocenters. The lowest BCUT2D eigenvalue weighted by atomic mass is 10.1. The zero-order valence-corrected chi connectivity index (χ0v) is 14.9. The topological polar surface area (TPSA) is 97.6 Å². The number of hydrogen-bond donors (Lipinski definition) is 1. The van der Waals surface area contributed by atoms with Gasteiger partial charge in [-0.25, -0.2) is 0 Å². The van der Waals surface area contributed by atoms with E-state index < -0.39 is 0 Å². The third-order valence-electron chi connectivity index (χ3n) is 4.19. The third-order valence-corrected chi connectivity index (χ3v) is 4.19. The summed E-state index contributed by atoms with van der Waals surface area (Å²) in [5.41, 5.74) is 1.23. The Bertz CT molecular complexity index is 789. The lowest BCUT2D eigenvalue weighted by Crippen LogP contribution is -2.30. The van der Waals surface area contributed by atoms with Crippen molar-refractivity contribution in [3.05, 3.63) is 41.5 Å². The summed E-state index contributed by atoms with van der Waals surface area (Å²) >= 11 is 0. The molecular formula is C18H22N4O4. The first-order valence-electron chi connectivity index (χ1n) is 8.69. The van der Waals surface area contributed by atoms with Gasteiger partial charge in [0.25, 0.3) is 5.91 Å². The van der Waals surface area contributed by atoms with Crippen LogP contribution in [0.4, 0.5) is 5.69 Å². The number of rotatable bonds is 6. The van der Waals surface area contributed by atoms with Crippen molar-refractivity contribution in [2.24, 2.45) is 0 Å². The molecule has 138 valence electrons. The fourth-order valence-electron chi connectivity index (χ4n) is 3.03. The first kappa shape index (κ1) is 17.9. The molecule has 0 saturated carbocycles. The first-order chi connectivity index (χ1) is 12.6. The highest BCUT2D eigenvalue weighted by molar-refractivity contribution is 5.95. The molecule has 1 aliphatic rings. The summed E-state index contributed by atoms with van der Waals surface area (Å²) in [7, 11) is 0. The number of aryl methyl sites for hydroxylation is 1. The minimum absolute atomic E-state index is 0.0546. The fraction of sp³-hybridized carbons (Fsp3) is 0.444. The number of esters is 1. The van der Waals surface area contributed by atoms with Gasteiger partial charge in [0.05, 0.1) is 6.61 Å². The lowest BCUT2D eigenvalue weighted by Gasteiger charge is -2.22. The van der Waals surface area contributed by atoms with Gasteiger partial charge in [-0.3, -0.25) is 9.59 Å². The van der Waals surface area contributed by atoms with E-state index in [2.05, 4.69) is 15.5 Å². The number of nitrogens with one attached hydrogen (secondary N) is 1. The second kappa shape index (κ2) is 7.99. The van der Waals surface area contributed by atoms with Crippen LogP contribution in [0.1, 0.15) is 47.9 Å². The quantitative estimate of drug-likeness (QED) is 0.791. The number of aromatic nitrogens is 2. The van der Waals surface area contributed by atoms with Gasteiger partial charge in [-0.1, -0.05) is 11.2 Å². The average Bonchev–Trinajstić information content (AvgIpc) is 3.28. The number of benzene rings is 1. The second-order valence-corrected chi connectivity index (χ2v) is 6.08. The van der Waals surface area contributed by atoms with Gasteiger partial charge in [-0.15, -0.1) is 0 Å². The molecule has 8 nitrogen and oxygen atoms in total. The van der Waals surface area contributed by atoms with Gasteiger partial charge in [0.15, 0.2) is 5.82 Å². The predicted molar refractivity (Wildman–Crippen MR) is 93.6 cm³/mol. The third kappa shape index (κ3) is 4.01. The minimum atomic E-state index is -0.337. The molecule has 0 spiro atoms. The molecule has 0 radical (unpaired) electrons. The summed E-state index contributed by atoms with van der Waals surface area (Å²) in [5, 5.41) is 6.80. The Kier molecular flexibility index (Phi) is 5.50. The molecule has 1 amide bonds. The van der Waals surface area contributed by atoms with E-state index in [1.807, 2.05) is 0 Å². The van der Waals surface area contributed by atoms with Gasteiger partial charge in [0, 0.05) is 17.8 Å². The Hall–Kier alpha value is -2.90. The van der Waals surface area contributed by atoms with Gasteiger partial charge in [-0.05, 0) is 44.9 Å². The molecule has 1 atom stereocenters. The van der Waals surface area contributed by atoms with Gasteiger partial charge < -0.3 is 19.5 Å². The molecule has 1 fully saturated rings. The number of likely N-dealkylation sites (tertiary alicyclic amines) is 1. The number of ether oxygens (including phenoxy) is 1. The van der Waals surface area contributed by atoms with Crippen molar-refractivity contribution in [3.63, 3.8) is 0 Å². The van der Waals surface area contributed by atoms with Crippen LogP contribution in [0.25, 0.3) is 0 Å². The van der Waals surface area contributed by atoms with Crippen molar-refractivity contribution in [1.82, 2.24) is 15.0 Å². The molecule has 1 saturated heterocycles. The van der Waals surface area contributed by atoms with E-state index in [0.717, 1.165) is 12.8 Å². The average molecular weight is 358 g/mol. The molecule has 3 rings (SSSR count). The molecule has 26 heavy (non-hydrogen) atoms. The Labute approximate surface area is 151 Å². The van der Waals surface area contributed by atoms with Gasteiger partial charge >= 0.3 is 5.97 Å². The van der Waals surface area contributed by atoms with Crippen molar-refractivity contribution < 1.29 is 18.8 Å². The molecule has 0 aliphatic carbocycles. The summed E-state index contributed by atoms with van der Waals surface area (Å²) in [6.07, 6.45) is 1.69. The van der Waals surface area contributed by atoms with E-state index in [1.165, 1.54) is 0 Å². The van der Waals surface area contributed by atoms with Crippen LogP contribution < -0.4 is 5.32 Å². The smallest absolute Gasteiger partial charge is 0.325 e. The first-order valence-corrected chi connectivity index (χ1v) is 8.69.